The van der Waals surface area contributed by atoms with Gasteiger partial charge in [-0.1, -0.05) is 35.9 Å². The molecule has 0 aliphatic heterocycles. The van der Waals surface area contributed by atoms with Crippen LogP contribution in [0.25, 0.3) is 22.6 Å². The molecule has 0 atom stereocenters. The Kier molecular flexibility index (Phi) is 4.97. The zero-order chi connectivity index (χ0) is 19.3. The first kappa shape index (κ1) is 17.7. The molecular formula is C21H20N6O. The number of hydrogen-bond acceptors (Lipinski definition) is 6. The third kappa shape index (κ3) is 3.83. The predicted molar refractivity (Wildman–Crippen MR) is 108 cm³/mol. The van der Waals surface area contributed by atoms with Gasteiger partial charge in [-0.2, -0.15) is 4.98 Å². The number of aromatic amines is 1. The Labute approximate surface area is 162 Å². The van der Waals surface area contributed by atoms with Crippen molar-refractivity contribution in [1.29, 1.82) is 0 Å². The topological polar surface area (TPSA) is 88.6 Å². The highest BCUT2D eigenvalue weighted by molar-refractivity contribution is 5.76. The van der Waals surface area contributed by atoms with Crippen molar-refractivity contribution in [2.24, 2.45) is 0 Å². The van der Waals surface area contributed by atoms with Gasteiger partial charge in [0.05, 0.1) is 30.7 Å². The molecule has 0 spiro atoms. The number of anilines is 1. The fraction of sp³-hybridized carbons (Fsp3) is 0.143. The SMILES string of the molecule is COc1ccnc(NCc2nc(-c3ccc(C)cc3)c(-c3ccccn3)[nH]2)n1. The van der Waals surface area contributed by atoms with Crippen LogP contribution in [0.2, 0.25) is 0 Å². The number of aromatic nitrogens is 5. The van der Waals surface area contributed by atoms with Crippen LogP contribution in [-0.2, 0) is 6.54 Å². The number of nitrogens with zero attached hydrogens (tertiary/aromatic N) is 4. The number of benzene rings is 1. The molecule has 0 amide bonds. The van der Waals surface area contributed by atoms with Crippen LogP contribution in [0.15, 0.2) is 60.9 Å². The molecule has 1 aromatic carbocycles. The molecule has 0 radical (unpaired) electrons. The van der Waals surface area contributed by atoms with E-state index in [-0.39, 0.29) is 0 Å². The van der Waals surface area contributed by atoms with Gasteiger partial charge in [0.1, 0.15) is 5.82 Å². The summed E-state index contributed by atoms with van der Waals surface area (Å²) in [6.07, 6.45) is 3.42. The van der Waals surface area contributed by atoms with E-state index in [1.54, 1.807) is 25.6 Å². The smallest absolute Gasteiger partial charge is 0.226 e. The molecule has 0 fully saturated rings. The van der Waals surface area contributed by atoms with Crippen LogP contribution in [-0.4, -0.2) is 32.0 Å². The minimum Gasteiger partial charge on any atom is -0.481 e. The number of ether oxygens (including phenoxy) is 1. The van der Waals surface area contributed by atoms with Crippen LogP contribution in [0, 0.1) is 6.92 Å². The van der Waals surface area contributed by atoms with Crippen LogP contribution in [0.1, 0.15) is 11.4 Å². The van der Waals surface area contributed by atoms with Crippen LogP contribution in [0.3, 0.4) is 0 Å². The summed E-state index contributed by atoms with van der Waals surface area (Å²) in [4.78, 5) is 21.1. The molecule has 28 heavy (non-hydrogen) atoms. The second kappa shape index (κ2) is 7.87. The van der Waals surface area contributed by atoms with Crippen molar-refractivity contribution < 1.29 is 4.74 Å². The summed E-state index contributed by atoms with van der Waals surface area (Å²) in [5.74, 6) is 1.75. The molecule has 0 aliphatic carbocycles. The molecule has 7 heteroatoms. The fourth-order valence-electron chi connectivity index (χ4n) is 2.83. The fourth-order valence-corrected chi connectivity index (χ4v) is 2.83. The molecule has 3 aromatic heterocycles. The van der Waals surface area contributed by atoms with Crippen LogP contribution >= 0.6 is 0 Å². The number of rotatable bonds is 6. The number of nitrogens with one attached hydrogen (secondary N) is 2. The number of aryl methyl sites for hydroxylation is 1. The van der Waals surface area contributed by atoms with Gasteiger partial charge in [0.15, 0.2) is 0 Å². The third-order valence-corrected chi connectivity index (χ3v) is 4.25. The van der Waals surface area contributed by atoms with Crippen molar-refractivity contribution in [2.75, 3.05) is 12.4 Å². The Morgan fingerprint density at radius 3 is 2.57 bits per heavy atom. The second-order valence-electron chi connectivity index (χ2n) is 6.26. The standard InChI is InChI=1S/C21H20N6O/c1-14-6-8-15(9-7-14)19-20(16-5-3-4-11-22-16)26-17(25-19)13-24-21-23-12-10-18(27-21)28-2/h3-12H,13H2,1-2H3,(H,25,26)(H,23,24,27). The second-order valence-corrected chi connectivity index (χ2v) is 6.26. The summed E-state index contributed by atoms with van der Waals surface area (Å²) < 4.78 is 5.13. The maximum absolute atomic E-state index is 5.13. The van der Waals surface area contributed by atoms with E-state index in [2.05, 4.69) is 56.4 Å². The Hall–Kier alpha value is -3.74. The van der Waals surface area contributed by atoms with Gasteiger partial charge in [-0.05, 0) is 19.1 Å². The maximum atomic E-state index is 5.13. The van der Waals surface area contributed by atoms with Gasteiger partial charge in [-0.25, -0.2) is 9.97 Å². The van der Waals surface area contributed by atoms with Crippen molar-refractivity contribution in [3.05, 3.63) is 72.3 Å². The van der Waals surface area contributed by atoms with Crippen LogP contribution in [0.4, 0.5) is 5.95 Å². The van der Waals surface area contributed by atoms with Crippen molar-refractivity contribution in [1.82, 2.24) is 24.9 Å². The molecule has 0 aliphatic rings. The minimum atomic E-state index is 0.443. The third-order valence-electron chi connectivity index (χ3n) is 4.25. The summed E-state index contributed by atoms with van der Waals surface area (Å²) in [5, 5.41) is 3.17. The van der Waals surface area contributed by atoms with Crippen LogP contribution in [0.5, 0.6) is 5.88 Å². The van der Waals surface area contributed by atoms with Gasteiger partial charge in [-0.15, -0.1) is 0 Å². The first-order valence-electron chi connectivity index (χ1n) is 8.91. The van der Waals surface area contributed by atoms with Crippen molar-refractivity contribution in [2.45, 2.75) is 13.5 Å². The highest BCUT2D eigenvalue weighted by atomic mass is 16.5. The summed E-state index contributed by atoms with van der Waals surface area (Å²) >= 11 is 0. The molecule has 3 heterocycles. The van der Waals surface area contributed by atoms with E-state index in [1.807, 2.05) is 18.2 Å². The molecule has 0 unspecified atom stereocenters. The highest BCUT2D eigenvalue weighted by Crippen LogP contribution is 2.29. The van der Waals surface area contributed by atoms with Gasteiger partial charge in [0.2, 0.25) is 11.8 Å². The number of methoxy groups -OCH3 is 1. The molecule has 0 saturated carbocycles. The zero-order valence-electron chi connectivity index (χ0n) is 15.7. The van der Waals surface area contributed by atoms with Crippen molar-refractivity contribution >= 4 is 5.95 Å². The van der Waals surface area contributed by atoms with E-state index >= 15 is 0 Å². The normalized spacial score (nSPS) is 10.6. The molecule has 0 saturated heterocycles. The zero-order valence-corrected chi connectivity index (χ0v) is 15.7. The van der Waals surface area contributed by atoms with Gasteiger partial charge in [0.25, 0.3) is 0 Å². The summed E-state index contributed by atoms with van der Waals surface area (Å²) in [6.45, 7) is 2.51. The Bertz CT molecular complexity index is 1060. The summed E-state index contributed by atoms with van der Waals surface area (Å²) in [5.41, 5.74) is 4.83. The molecule has 140 valence electrons. The molecule has 0 bridgehead atoms. The maximum Gasteiger partial charge on any atom is 0.226 e. The van der Waals surface area contributed by atoms with Crippen LogP contribution < -0.4 is 10.1 Å². The number of hydrogen-bond donors (Lipinski definition) is 2. The van der Waals surface area contributed by atoms with E-state index < -0.39 is 0 Å². The van der Waals surface area contributed by atoms with E-state index in [1.165, 1.54) is 5.56 Å². The Morgan fingerprint density at radius 1 is 0.964 bits per heavy atom. The van der Waals surface area contributed by atoms with Gasteiger partial charge in [0, 0.05) is 24.0 Å². The molecule has 4 aromatic rings. The summed E-state index contributed by atoms with van der Waals surface area (Å²) in [7, 11) is 1.58. The predicted octanol–water partition coefficient (Wildman–Crippen LogP) is 3.86. The van der Waals surface area contributed by atoms with Gasteiger partial charge >= 0.3 is 0 Å². The van der Waals surface area contributed by atoms with Crippen molar-refractivity contribution in [3.8, 4) is 28.5 Å². The average molecular weight is 372 g/mol. The number of pyridine rings is 1. The van der Waals surface area contributed by atoms with E-state index in [4.69, 9.17) is 9.72 Å². The number of H-pyrrole nitrogens is 1. The van der Waals surface area contributed by atoms with Gasteiger partial charge in [-0.3, -0.25) is 4.98 Å². The first-order chi connectivity index (χ1) is 13.7. The highest BCUT2D eigenvalue weighted by Gasteiger charge is 2.15. The van der Waals surface area contributed by atoms with Crippen molar-refractivity contribution in [3.63, 3.8) is 0 Å². The first-order valence-corrected chi connectivity index (χ1v) is 8.91. The summed E-state index contributed by atoms with van der Waals surface area (Å²) in [6, 6.07) is 15.8. The largest absolute Gasteiger partial charge is 0.481 e. The van der Waals surface area contributed by atoms with E-state index in [0.717, 1.165) is 28.5 Å². The minimum absolute atomic E-state index is 0.443. The molecule has 2 N–H and O–H groups in total. The lowest BCUT2D eigenvalue weighted by atomic mass is 10.1. The Morgan fingerprint density at radius 2 is 1.82 bits per heavy atom. The Balaban J connectivity index is 1.65. The van der Waals surface area contributed by atoms with E-state index in [9.17, 15) is 0 Å². The molecular weight excluding hydrogens is 352 g/mol. The molecule has 4 rings (SSSR count). The molecule has 7 nitrogen and oxygen atoms in total. The lowest BCUT2D eigenvalue weighted by Crippen LogP contribution is -2.05. The average Bonchev–Trinajstić information content (AvgIpc) is 3.18. The quantitative estimate of drug-likeness (QED) is 0.534. The van der Waals surface area contributed by atoms with Gasteiger partial charge < -0.3 is 15.0 Å². The number of imidazole rings is 1. The lowest BCUT2D eigenvalue weighted by Gasteiger charge is -2.03. The lowest BCUT2D eigenvalue weighted by molar-refractivity contribution is 0.397. The van der Waals surface area contributed by atoms with E-state index in [0.29, 0.717) is 18.4 Å². The monoisotopic (exact) mass is 372 g/mol.